The van der Waals surface area contributed by atoms with Crippen molar-refractivity contribution in [2.45, 2.75) is 31.7 Å². The van der Waals surface area contributed by atoms with Crippen LogP contribution in [0.3, 0.4) is 0 Å². The summed E-state index contributed by atoms with van der Waals surface area (Å²) in [5.41, 5.74) is -4.10. The lowest BCUT2D eigenvalue weighted by Gasteiger charge is -2.15. The molecule has 188 valence electrons. The van der Waals surface area contributed by atoms with Crippen molar-refractivity contribution < 1.29 is 44.7 Å². The predicted octanol–water partition coefficient (Wildman–Crippen LogP) is 4.83. The highest BCUT2D eigenvalue weighted by Crippen LogP contribution is 2.36. The molecule has 2 heterocycles. The normalized spacial score (nSPS) is 13.1. The number of nitrogens with zero attached hydrogens (tertiary/aromatic N) is 4. The number of hydrogen-bond acceptors (Lipinski definition) is 5. The lowest BCUT2D eigenvalue weighted by molar-refractivity contribution is -0.143. The van der Waals surface area contributed by atoms with Crippen LogP contribution >= 0.6 is 0 Å². The van der Waals surface area contributed by atoms with Gasteiger partial charge in [-0.15, -0.1) is 5.10 Å². The lowest BCUT2D eigenvalue weighted by Crippen LogP contribution is -2.28. The number of halogens is 8. The molecule has 0 aliphatic carbocycles. The van der Waals surface area contributed by atoms with Crippen LogP contribution in [0.25, 0.3) is 5.82 Å². The Bertz CT molecular complexity index is 1140. The molecular weight excluding hydrogens is 494 g/mol. The third-order valence-corrected chi connectivity index (χ3v) is 4.43. The number of alkyl halides is 8. The molecule has 2 aromatic heterocycles. The molecule has 7 nitrogen and oxygen atoms in total. The second-order valence-corrected chi connectivity index (χ2v) is 7.09. The molecule has 0 bridgehead atoms. The van der Waals surface area contributed by atoms with Gasteiger partial charge in [0.05, 0.1) is 23.4 Å². The molecule has 1 atom stereocenters. The van der Waals surface area contributed by atoms with Crippen LogP contribution in [0.5, 0.6) is 5.75 Å². The molecule has 0 aliphatic rings. The summed E-state index contributed by atoms with van der Waals surface area (Å²) < 4.78 is 108. The number of carbonyl (C=O) groups is 1. The molecule has 15 heteroatoms. The van der Waals surface area contributed by atoms with Gasteiger partial charge in [0.1, 0.15) is 18.7 Å². The van der Waals surface area contributed by atoms with Gasteiger partial charge in [-0.05, 0) is 37.3 Å². The molecule has 0 radical (unpaired) electrons. The quantitative estimate of drug-likeness (QED) is 0.462. The molecule has 35 heavy (non-hydrogen) atoms. The summed E-state index contributed by atoms with van der Waals surface area (Å²) in [5, 5.41) is 6.30. The maximum Gasteiger partial charge on any atom is 0.416 e. The molecule has 0 saturated heterocycles. The van der Waals surface area contributed by atoms with Crippen LogP contribution in [0.15, 0.2) is 42.9 Å². The van der Waals surface area contributed by atoms with Crippen molar-refractivity contribution in [1.29, 1.82) is 0 Å². The van der Waals surface area contributed by atoms with Crippen LogP contribution in [-0.2, 0) is 12.4 Å². The highest BCUT2D eigenvalue weighted by atomic mass is 19.4. The van der Waals surface area contributed by atoms with Gasteiger partial charge in [-0.25, -0.2) is 23.4 Å². The third-order valence-electron chi connectivity index (χ3n) is 4.43. The Morgan fingerprint density at radius 2 is 1.66 bits per heavy atom. The van der Waals surface area contributed by atoms with Crippen molar-refractivity contribution in [3.63, 3.8) is 0 Å². The number of rotatable bonds is 7. The zero-order valence-corrected chi connectivity index (χ0v) is 17.5. The predicted molar refractivity (Wildman–Crippen MR) is 103 cm³/mol. The van der Waals surface area contributed by atoms with Gasteiger partial charge >= 0.3 is 12.4 Å². The van der Waals surface area contributed by atoms with Crippen LogP contribution in [-0.4, -0.2) is 38.7 Å². The fourth-order valence-corrected chi connectivity index (χ4v) is 2.77. The maximum atomic E-state index is 13.0. The van der Waals surface area contributed by atoms with E-state index >= 15 is 0 Å². The topological polar surface area (TPSA) is 81.9 Å². The number of carbonyl (C=O) groups excluding carboxylic acids is 1. The van der Waals surface area contributed by atoms with Gasteiger partial charge in [-0.1, -0.05) is 0 Å². The number of benzene rings is 1. The monoisotopic (exact) mass is 509 g/mol. The van der Waals surface area contributed by atoms with Gasteiger partial charge in [-0.2, -0.15) is 26.3 Å². The molecule has 1 unspecified atom stereocenters. The second-order valence-electron chi connectivity index (χ2n) is 7.09. The summed E-state index contributed by atoms with van der Waals surface area (Å²) in [6, 6.07) is 2.25. The summed E-state index contributed by atoms with van der Waals surface area (Å²) in [4.78, 5) is 20.3. The number of hydrogen-bond donors (Lipinski definition) is 1. The molecule has 1 N–H and O–H groups in total. The molecular formula is C20H15F8N5O2. The summed E-state index contributed by atoms with van der Waals surface area (Å²) in [5.74, 6) is -0.959. The van der Waals surface area contributed by atoms with Crippen molar-refractivity contribution in [2.24, 2.45) is 0 Å². The van der Waals surface area contributed by atoms with Gasteiger partial charge in [0.2, 0.25) is 0 Å². The van der Waals surface area contributed by atoms with Crippen molar-refractivity contribution in [1.82, 2.24) is 25.1 Å². The first-order chi connectivity index (χ1) is 16.2. The molecule has 1 amide bonds. The largest absolute Gasteiger partial charge is 0.486 e. The number of pyridine rings is 1. The van der Waals surface area contributed by atoms with Crippen LogP contribution < -0.4 is 10.1 Å². The molecule has 0 fully saturated rings. The van der Waals surface area contributed by atoms with E-state index in [1.807, 2.05) is 0 Å². The summed E-state index contributed by atoms with van der Waals surface area (Å²) in [6.45, 7) is 0.548. The van der Waals surface area contributed by atoms with Crippen LogP contribution in [0, 0.1) is 0 Å². The molecule has 0 spiro atoms. The summed E-state index contributed by atoms with van der Waals surface area (Å²) in [6.07, 6.45) is -10.5. The van der Waals surface area contributed by atoms with E-state index in [0.29, 0.717) is 12.1 Å². The van der Waals surface area contributed by atoms with E-state index in [1.54, 1.807) is 0 Å². The standard InChI is InChI=1S/C20H15F8N5O2/c1-10(17-30-9-33(32-17)16-3-2-14(7-29-16)35-8-15(21)22)31-18(34)11-4-12(19(23,24)25)6-13(5-11)20(26,27)28/h2-7,9-10,15H,8H2,1H3,(H,31,34). The number of nitrogens with one attached hydrogen (secondary N) is 1. The van der Waals surface area contributed by atoms with Gasteiger partial charge in [0.25, 0.3) is 12.3 Å². The Labute approximate surface area is 191 Å². The Hall–Kier alpha value is -3.78. The lowest BCUT2D eigenvalue weighted by atomic mass is 10.0. The Morgan fingerprint density at radius 1 is 1.03 bits per heavy atom. The summed E-state index contributed by atoms with van der Waals surface area (Å²) >= 11 is 0. The van der Waals surface area contributed by atoms with E-state index in [-0.39, 0.29) is 23.5 Å². The first-order valence-electron chi connectivity index (χ1n) is 9.63. The fourth-order valence-electron chi connectivity index (χ4n) is 2.77. The molecule has 1 aromatic carbocycles. The Balaban J connectivity index is 1.75. The maximum absolute atomic E-state index is 13.0. The van der Waals surface area contributed by atoms with E-state index in [0.717, 1.165) is 10.9 Å². The zero-order valence-electron chi connectivity index (χ0n) is 17.5. The first kappa shape index (κ1) is 25.8. The number of aromatic nitrogens is 4. The molecule has 0 aliphatic heterocycles. The second kappa shape index (κ2) is 9.84. The smallest absolute Gasteiger partial charge is 0.416 e. The average Bonchev–Trinajstić information content (AvgIpc) is 3.27. The SMILES string of the molecule is CC(NC(=O)c1cc(C(F)(F)F)cc(C(F)(F)F)c1)c1ncn(-c2ccc(OCC(F)F)cn2)n1. The number of amides is 1. The van der Waals surface area contributed by atoms with Gasteiger partial charge in [0, 0.05) is 5.56 Å². The van der Waals surface area contributed by atoms with Gasteiger partial charge in [-0.3, -0.25) is 4.79 Å². The van der Waals surface area contributed by atoms with E-state index in [4.69, 9.17) is 4.74 Å². The van der Waals surface area contributed by atoms with Crippen molar-refractivity contribution in [2.75, 3.05) is 6.61 Å². The first-order valence-corrected chi connectivity index (χ1v) is 9.63. The Kier molecular flexibility index (Phi) is 7.26. The third kappa shape index (κ3) is 6.64. The van der Waals surface area contributed by atoms with E-state index < -0.39 is 54.0 Å². The van der Waals surface area contributed by atoms with Gasteiger partial charge in [0.15, 0.2) is 11.6 Å². The number of ether oxygens (including phenoxy) is 1. The highest BCUT2D eigenvalue weighted by Gasteiger charge is 2.37. The average molecular weight is 509 g/mol. The van der Waals surface area contributed by atoms with E-state index in [1.165, 1.54) is 25.4 Å². The van der Waals surface area contributed by atoms with Crippen LogP contribution in [0.2, 0.25) is 0 Å². The molecule has 3 rings (SSSR count). The summed E-state index contributed by atoms with van der Waals surface area (Å²) in [7, 11) is 0. The van der Waals surface area contributed by atoms with Gasteiger partial charge < -0.3 is 10.1 Å². The van der Waals surface area contributed by atoms with E-state index in [2.05, 4.69) is 20.4 Å². The van der Waals surface area contributed by atoms with E-state index in [9.17, 15) is 39.9 Å². The Morgan fingerprint density at radius 3 is 2.17 bits per heavy atom. The van der Waals surface area contributed by atoms with Crippen LogP contribution in [0.4, 0.5) is 35.1 Å². The van der Waals surface area contributed by atoms with Crippen LogP contribution in [0.1, 0.15) is 40.3 Å². The fraction of sp³-hybridized carbons (Fsp3) is 0.300. The van der Waals surface area contributed by atoms with Crippen molar-refractivity contribution in [3.8, 4) is 11.6 Å². The van der Waals surface area contributed by atoms with Crippen molar-refractivity contribution in [3.05, 3.63) is 65.4 Å². The minimum absolute atomic E-state index is 0.0267. The zero-order chi connectivity index (χ0) is 26.0. The van der Waals surface area contributed by atoms with Crippen molar-refractivity contribution >= 4 is 5.91 Å². The minimum Gasteiger partial charge on any atom is -0.486 e. The highest BCUT2D eigenvalue weighted by molar-refractivity contribution is 5.94. The molecule has 0 saturated carbocycles. The molecule has 3 aromatic rings. The minimum atomic E-state index is -5.10.